The van der Waals surface area contributed by atoms with Crippen LogP contribution in [0, 0.1) is 16.7 Å². The number of esters is 1. The fourth-order valence-electron chi connectivity index (χ4n) is 7.92. The maximum Gasteiger partial charge on any atom is 0.320 e. The monoisotopic (exact) mass is 509 g/mol. The third-order valence-electron chi connectivity index (χ3n) is 9.90. The third kappa shape index (κ3) is 3.81. The van der Waals surface area contributed by atoms with Gasteiger partial charge in [0, 0.05) is 30.8 Å². The number of hydrogen-bond donors (Lipinski definition) is 4. The van der Waals surface area contributed by atoms with Crippen molar-refractivity contribution in [3.8, 4) is 0 Å². The molecule has 0 radical (unpaired) electrons. The number of ether oxygens (including phenoxy) is 2. The molecule has 36 heavy (non-hydrogen) atoms. The number of carbonyl (C=O) groups excluding carboxylic acids is 2. The van der Waals surface area contributed by atoms with Gasteiger partial charge in [0.2, 0.25) is 0 Å². The minimum atomic E-state index is -2.23. The molecule has 2 saturated carbocycles. The van der Waals surface area contributed by atoms with Crippen molar-refractivity contribution in [1.82, 2.24) is 4.90 Å². The lowest BCUT2D eigenvalue weighted by Crippen LogP contribution is -2.86. The van der Waals surface area contributed by atoms with E-state index in [4.69, 9.17) is 9.47 Å². The van der Waals surface area contributed by atoms with Crippen molar-refractivity contribution in [2.45, 2.75) is 108 Å². The number of aliphatic hydroxyl groups is 4. The Labute approximate surface area is 213 Å². The minimum absolute atomic E-state index is 0.0505. The van der Waals surface area contributed by atoms with Crippen LogP contribution in [0.25, 0.3) is 0 Å². The third-order valence-corrected chi connectivity index (χ3v) is 9.90. The Hall–Kier alpha value is -1.36. The lowest BCUT2D eigenvalue weighted by Gasteiger charge is -2.71. The highest BCUT2D eigenvalue weighted by molar-refractivity contribution is 5.92. The van der Waals surface area contributed by atoms with Crippen LogP contribution in [-0.4, -0.2) is 97.9 Å². The summed E-state index contributed by atoms with van der Waals surface area (Å²) in [7, 11) is 0. The number of Topliss-reactive ketones (excluding diaryl/α,β-unsaturated/α-hetero) is 1. The second-order valence-electron chi connectivity index (χ2n) is 12.7. The number of fused-ring (bicyclic) bond motifs is 3. The van der Waals surface area contributed by atoms with Crippen LogP contribution in [0.15, 0.2) is 12.7 Å². The van der Waals surface area contributed by atoms with Crippen molar-refractivity contribution < 1.29 is 39.5 Å². The Morgan fingerprint density at radius 2 is 1.75 bits per heavy atom. The lowest BCUT2D eigenvalue weighted by atomic mass is 9.40. The topological polar surface area (TPSA) is 137 Å². The van der Waals surface area contributed by atoms with Crippen molar-refractivity contribution >= 4 is 11.8 Å². The molecule has 8 atom stereocenters. The van der Waals surface area contributed by atoms with Gasteiger partial charge in [0.15, 0.2) is 17.5 Å². The van der Waals surface area contributed by atoms with E-state index in [1.165, 1.54) is 13.0 Å². The Bertz CT molecular complexity index is 915. The molecule has 4 aliphatic rings. The largest absolute Gasteiger partial charge is 0.455 e. The van der Waals surface area contributed by atoms with Crippen LogP contribution in [0.3, 0.4) is 0 Å². The Balaban J connectivity index is 1.78. The Morgan fingerprint density at radius 3 is 2.33 bits per heavy atom. The highest BCUT2D eigenvalue weighted by Gasteiger charge is 2.81. The van der Waals surface area contributed by atoms with Gasteiger partial charge in [0.25, 0.3) is 0 Å². The van der Waals surface area contributed by atoms with Crippen LogP contribution in [0.1, 0.15) is 66.7 Å². The minimum Gasteiger partial charge on any atom is -0.455 e. The number of rotatable bonds is 4. The molecular weight excluding hydrogens is 466 g/mol. The van der Waals surface area contributed by atoms with Crippen molar-refractivity contribution in [2.75, 3.05) is 19.6 Å². The SMILES string of the molecule is C=C[C@@]1(C)CC(=O)[C@]2(O)C3(C)C(C(O)C(OC(=O)CN4CCC(O)CC4)[C@@]2(C)O1)C(C)(C)CC[C@@H]3O. The molecule has 0 aromatic carbocycles. The van der Waals surface area contributed by atoms with Gasteiger partial charge in [-0.1, -0.05) is 26.8 Å². The van der Waals surface area contributed by atoms with E-state index >= 15 is 0 Å². The van der Waals surface area contributed by atoms with E-state index in [1.807, 2.05) is 18.7 Å². The lowest BCUT2D eigenvalue weighted by molar-refractivity contribution is -0.370. The van der Waals surface area contributed by atoms with Crippen molar-refractivity contribution in [3.63, 3.8) is 0 Å². The molecular formula is C27H43NO8. The van der Waals surface area contributed by atoms with E-state index < -0.39 is 63.6 Å². The number of carbonyl (C=O) groups is 2. The Kier molecular flexibility index (Phi) is 6.80. The molecule has 2 aliphatic heterocycles. The van der Waals surface area contributed by atoms with Gasteiger partial charge >= 0.3 is 5.97 Å². The van der Waals surface area contributed by atoms with Crippen molar-refractivity contribution in [2.24, 2.45) is 16.7 Å². The smallest absolute Gasteiger partial charge is 0.320 e. The fraction of sp³-hybridized carbons (Fsp3) is 0.852. The van der Waals surface area contributed by atoms with Crippen LogP contribution in [0.2, 0.25) is 0 Å². The summed E-state index contributed by atoms with van der Waals surface area (Å²) < 4.78 is 12.4. The summed E-state index contributed by atoms with van der Waals surface area (Å²) in [6.45, 7) is 13.5. The molecule has 0 aromatic heterocycles. The molecule has 2 heterocycles. The zero-order chi connectivity index (χ0) is 26.9. The standard InChI is InChI=1S/C27H43NO8/c1-7-24(4)14-18(31)27(34)25(5)17(30)8-11-23(2,3)21(25)20(33)22(26(27,6)36-24)35-19(32)15-28-12-9-16(29)10-13-28/h7,16-17,20-22,29-30,33-34H,1,8-15H2,2-6H3/t17-,20?,21?,22?,24-,25?,26+,27-/m0/s1. The first-order valence-electron chi connectivity index (χ1n) is 13.1. The second kappa shape index (κ2) is 8.85. The summed E-state index contributed by atoms with van der Waals surface area (Å²) in [5, 5.41) is 45.4. The van der Waals surface area contributed by atoms with Crippen LogP contribution in [0.4, 0.5) is 0 Å². The van der Waals surface area contributed by atoms with E-state index in [2.05, 4.69) is 6.58 Å². The van der Waals surface area contributed by atoms with Crippen molar-refractivity contribution in [3.05, 3.63) is 12.7 Å². The van der Waals surface area contributed by atoms with Crippen LogP contribution >= 0.6 is 0 Å². The first kappa shape index (κ1) is 27.7. The van der Waals surface area contributed by atoms with E-state index in [1.54, 1.807) is 13.8 Å². The number of aliphatic hydroxyl groups excluding tert-OH is 3. The fourth-order valence-corrected chi connectivity index (χ4v) is 7.92. The Morgan fingerprint density at radius 1 is 1.14 bits per heavy atom. The molecule has 4 N–H and O–H groups in total. The number of hydrogen-bond acceptors (Lipinski definition) is 9. The number of nitrogens with zero attached hydrogens (tertiary/aromatic N) is 1. The summed E-state index contributed by atoms with van der Waals surface area (Å²) in [6, 6.07) is 0. The molecule has 2 saturated heterocycles. The zero-order valence-electron chi connectivity index (χ0n) is 22.2. The van der Waals surface area contributed by atoms with Gasteiger partial charge in [0.1, 0.15) is 5.60 Å². The van der Waals surface area contributed by atoms with Crippen LogP contribution < -0.4 is 0 Å². The molecule has 0 bridgehead atoms. The molecule has 4 fully saturated rings. The summed E-state index contributed by atoms with van der Waals surface area (Å²) in [5.41, 5.74) is -7.27. The van der Waals surface area contributed by atoms with Gasteiger partial charge in [0.05, 0.1) is 30.5 Å². The number of piperidine rings is 1. The van der Waals surface area contributed by atoms with E-state index in [9.17, 15) is 30.0 Å². The summed E-state index contributed by atoms with van der Waals surface area (Å²) in [4.78, 5) is 28.9. The van der Waals surface area contributed by atoms with Crippen LogP contribution in [-0.2, 0) is 19.1 Å². The van der Waals surface area contributed by atoms with Crippen molar-refractivity contribution in [1.29, 1.82) is 0 Å². The van der Waals surface area contributed by atoms with Gasteiger partial charge in [-0.15, -0.1) is 6.58 Å². The molecule has 0 spiro atoms. The average molecular weight is 510 g/mol. The van der Waals surface area contributed by atoms with E-state index in [-0.39, 0.29) is 19.1 Å². The average Bonchev–Trinajstić information content (AvgIpc) is 2.79. The molecule has 2 aliphatic carbocycles. The van der Waals surface area contributed by atoms with Gasteiger partial charge in [-0.3, -0.25) is 14.5 Å². The maximum absolute atomic E-state index is 13.9. The molecule has 4 rings (SSSR count). The summed E-state index contributed by atoms with van der Waals surface area (Å²) in [5.74, 6) is -1.89. The molecule has 9 heteroatoms. The van der Waals surface area contributed by atoms with Crippen LogP contribution in [0.5, 0.6) is 0 Å². The van der Waals surface area contributed by atoms with Gasteiger partial charge in [-0.2, -0.15) is 0 Å². The highest BCUT2D eigenvalue weighted by Crippen LogP contribution is 2.67. The van der Waals surface area contributed by atoms with Gasteiger partial charge in [-0.25, -0.2) is 0 Å². The van der Waals surface area contributed by atoms with E-state index in [0.717, 1.165) is 0 Å². The molecule has 4 unspecified atom stereocenters. The van der Waals surface area contributed by atoms with E-state index in [0.29, 0.717) is 38.8 Å². The molecule has 0 amide bonds. The molecule has 204 valence electrons. The summed E-state index contributed by atoms with van der Waals surface area (Å²) in [6.07, 6.45) is -0.794. The zero-order valence-corrected chi connectivity index (χ0v) is 22.2. The summed E-state index contributed by atoms with van der Waals surface area (Å²) >= 11 is 0. The highest BCUT2D eigenvalue weighted by atomic mass is 16.6. The molecule has 0 aromatic rings. The molecule has 9 nitrogen and oxygen atoms in total. The normalized spacial score (nSPS) is 47.5. The first-order chi connectivity index (χ1) is 16.6. The number of likely N-dealkylation sites (tertiary alicyclic amines) is 1. The van der Waals surface area contributed by atoms with Gasteiger partial charge in [-0.05, 0) is 44.9 Å². The predicted octanol–water partition coefficient (Wildman–Crippen LogP) is 0.957. The quantitative estimate of drug-likeness (QED) is 0.323. The predicted molar refractivity (Wildman–Crippen MR) is 131 cm³/mol. The first-order valence-corrected chi connectivity index (χ1v) is 13.1. The van der Waals surface area contributed by atoms with Gasteiger partial charge < -0.3 is 29.9 Å². The number of ketones is 1. The maximum atomic E-state index is 13.9. The second-order valence-corrected chi connectivity index (χ2v) is 12.7.